The van der Waals surface area contributed by atoms with Crippen LogP contribution >= 0.6 is 0 Å². The Kier molecular flexibility index (Phi) is 3.80. The molecule has 3 nitrogen and oxygen atoms in total. The number of ketones is 1. The Morgan fingerprint density at radius 1 is 1.53 bits per heavy atom. The highest BCUT2D eigenvalue weighted by atomic mass is 16.5. The molecule has 3 heteroatoms. The molecule has 0 spiro atoms. The van der Waals surface area contributed by atoms with E-state index in [4.69, 9.17) is 4.74 Å². The van der Waals surface area contributed by atoms with E-state index in [1.54, 1.807) is 6.08 Å². The van der Waals surface area contributed by atoms with Crippen LogP contribution in [0, 0.1) is 29.1 Å². The molecule has 0 bridgehead atoms. The van der Waals surface area contributed by atoms with Crippen molar-refractivity contribution < 1.29 is 14.3 Å². The van der Waals surface area contributed by atoms with E-state index in [1.807, 2.05) is 6.92 Å². The van der Waals surface area contributed by atoms with E-state index in [0.717, 1.165) is 24.8 Å². The maximum absolute atomic E-state index is 11.9. The normalized spacial score (nSPS) is 33.0. The van der Waals surface area contributed by atoms with Crippen LogP contribution in [-0.4, -0.2) is 18.9 Å². The first kappa shape index (κ1) is 13.9. The van der Waals surface area contributed by atoms with Gasteiger partial charge in [-0.2, -0.15) is 0 Å². The van der Waals surface area contributed by atoms with Crippen molar-refractivity contribution in [1.82, 2.24) is 0 Å². The van der Waals surface area contributed by atoms with Gasteiger partial charge in [-0.1, -0.05) is 6.92 Å². The molecule has 102 valence electrons. The number of carbonyl (C=O) groups is 2. The maximum Gasteiger partial charge on any atom is 0.312 e. The molecule has 0 saturated heterocycles. The SMILES string of the molecule is CC#CCC1CCC(C(=O)OC)C2=CC(=O)CC21C. The highest BCUT2D eigenvalue weighted by Crippen LogP contribution is 2.54. The van der Waals surface area contributed by atoms with Gasteiger partial charge in [0.1, 0.15) is 0 Å². The van der Waals surface area contributed by atoms with Gasteiger partial charge in [0.25, 0.3) is 0 Å². The molecule has 2 aliphatic carbocycles. The minimum absolute atomic E-state index is 0.128. The van der Waals surface area contributed by atoms with E-state index in [1.165, 1.54) is 7.11 Å². The van der Waals surface area contributed by atoms with Gasteiger partial charge in [0.2, 0.25) is 0 Å². The second-order valence-electron chi connectivity index (χ2n) is 5.64. The molecule has 2 aliphatic rings. The Labute approximate surface area is 114 Å². The Hall–Kier alpha value is -1.56. The van der Waals surface area contributed by atoms with E-state index in [-0.39, 0.29) is 23.1 Å². The average molecular weight is 260 g/mol. The van der Waals surface area contributed by atoms with Gasteiger partial charge in [-0.15, -0.1) is 11.8 Å². The summed E-state index contributed by atoms with van der Waals surface area (Å²) >= 11 is 0. The van der Waals surface area contributed by atoms with Gasteiger partial charge in [0.15, 0.2) is 5.78 Å². The number of esters is 1. The third kappa shape index (κ3) is 2.32. The first-order valence-electron chi connectivity index (χ1n) is 6.75. The van der Waals surface area contributed by atoms with Crippen LogP contribution in [0.25, 0.3) is 0 Å². The summed E-state index contributed by atoms with van der Waals surface area (Å²) in [6.45, 7) is 3.93. The van der Waals surface area contributed by atoms with Crippen molar-refractivity contribution in [3.05, 3.63) is 11.6 Å². The van der Waals surface area contributed by atoms with E-state index in [0.29, 0.717) is 12.3 Å². The van der Waals surface area contributed by atoms with Gasteiger partial charge in [-0.25, -0.2) is 0 Å². The summed E-state index contributed by atoms with van der Waals surface area (Å²) in [7, 11) is 1.41. The zero-order valence-electron chi connectivity index (χ0n) is 11.8. The second kappa shape index (κ2) is 5.21. The molecule has 0 aromatic heterocycles. The van der Waals surface area contributed by atoms with Crippen molar-refractivity contribution in [2.75, 3.05) is 7.11 Å². The number of ether oxygens (including phenoxy) is 1. The van der Waals surface area contributed by atoms with Crippen LogP contribution in [0.2, 0.25) is 0 Å². The molecule has 0 radical (unpaired) electrons. The minimum atomic E-state index is -0.243. The van der Waals surface area contributed by atoms with Gasteiger partial charge in [0, 0.05) is 18.3 Å². The van der Waals surface area contributed by atoms with Crippen LogP contribution in [0.3, 0.4) is 0 Å². The Bertz CT molecular complexity index is 492. The number of fused-ring (bicyclic) bond motifs is 1. The molecule has 3 atom stereocenters. The second-order valence-corrected chi connectivity index (χ2v) is 5.64. The number of hydrogen-bond donors (Lipinski definition) is 0. The van der Waals surface area contributed by atoms with Crippen LogP contribution in [0.1, 0.15) is 39.5 Å². The van der Waals surface area contributed by atoms with Gasteiger partial charge in [0.05, 0.1) is 13.0 Å². The summed E-state index contributed by atoms with van der Waals surface area (Å²) in [5.74, 6) is 6.07. The highest BCUT2D eigenvalue weighted by molar-refractivity contribution is 5.96. The van der Waals surface area contributed by atoms with Crippen LogP contribution in [-0.2, 0) is 14.3 Å². The van der Waals surface area contributed by atoms with E-state index >= 15 is 0 Å². The highest BCUT2D eigenvalue weighted by Gasteiger charge is 2.50. The van der Waals surface area contributed by atoms with Crippen LogP contribution in [0.4, 0.5) is 0 Å². The fraction of sp³-hybridized carbons (Fsp3) is 0.625. The van der Waals surface area contributed by atoms with Crippen molar-refractivity contribution in [2.24, 2.45) is 17.3 Å². The fourth-order valence-electron chi connectivity index (χ4n) is 3.51. The minimum Gasteiger partial charge on any atom is -0.469 e. The van der Waals surface area contributed by atoms with E-state index < -0.39 is 0 Å². The topological polar surface area (TPSA) is 43.4 Å². The predicted molar refractivity (Wildman–Crippen MR) is 72.1 cm³/mol. The van der Waals surface area contributed by atoms with Crippen molar-refractivity contribution in [3.63, 3.8) is 0 Å². The first-order chi connectivity index (χ1) is 9.02. The van der Waals surface area contributed by atoms with Crippen LogP contribution in [0.15, 0.2) is 11.6 Å². The monoisotopic (exact) mass is 260 g/mol. The summed E-state index contributed by atoms with van der Waals surface area (Å²) in [5, 5.41) is 0. The Balaban J connectivity index is 2.32. The summed E-state index contributed by atoms with van der Waals surface area (Å²) in [4.78, 5) is 23.7. The summed E-state index contributed by atoms with van der Waals surface area (Å²) in [6.07, 6.45) is 4.66. The summed E-state index contributed by atoms with van der Waals surface area (Å²) < 4.78 is 4.88. The molecular weight excluding hydrogens is 240 g/mol. The zero-order chi connectivity index (χ0) is 14.0. The van der Waals surface area contributed by atoms with Crippen molar-refractivity contribution in [2.45, 2.75) is 39.5 Å². The van der Waals surface area contributed by atoms with Crippen molar-refractivity contribution >= 4 is 11.8 Å². The largest absolute Gasteiger partial charge is 0.469 e. The Morgan fingerprint density at radius 3 is 2.89 bits per heavy atom. The lowest BCUT2D eigenvalue weighted by atomic mass is 9.60. The molecular formula is C16H20O3. The molecule has 0 aromatic rings. The zero-order valence-corrected chi connectivity index (χ0v) is 11.8. The maximum atomic E-state index is 11.9. The third-order valence-corrected chi connectivity index (χ3v) is 4.61. The van der Waals surface area contributed by atoms with E-state index in [2.05, 4.69) is 18.8 Å². The number of rotatable bonds is 2. The summed E-state index contributed by atoms with van der Waals surface area (Å²) in [5.41, 5.74) is 0.761. The molecule has 0 aliphatic heterocycles. The number of methoxy groups -OCH3 is 1. The van der Waals surface area contributed by atoms with Crippen molar-refractivity contribution in [3.8, 4) is 11.8 Å². The molecule has 3 unspecified atom stereocenters. The molecule has 0 heterocycles. The lowest BCUT2D eigenvalue weighted by Crippen LogP contribution is -2.38. The molecule has 2 rings (SSSR count). The fourth-order valence-corrected chi connectivity index (χ4v) is 3.51. The predicted octanol–water partition coefficient (Wildman–Crippen LogP) is 2.50. The quantitative estimate of drug-likeness (QED) is 0.566. The lowest BCUT2D eigenvalue weighted by Gasteiger charge is -2.42. The number of allylic oxidation sites excluding steroid dienone is 1. The third-order valence-electron chi connectivity index (χ3n) is 4.61. The average Bonchev–Trinajstić information content (AvgIpc) is 2.70. The molecule has 0 amide bonds. The number of hydrogen-bond acceptors (Lipinski definition) is 3. The van der Waals surface area contributed by atoms with Gasteiger partial charge >= 0.3 is 5.97 Å². The smallest absolute Gasteiger partial charge is 0.312 e. The van der Waals surface area contributed by atoms with E-state index in [9.17, 15) is 9.59 Å². The first-order valence-corrected chi connectivity index (χ1v) is 6.75. The standard InChI is InChI=1S/C16H20O3/c1-4-5-6-11-7-8-13(15(18)19-3)14-9-12(17)10-16(11,14)2/h9,11,13H,6-8,10H2,1-3H3. The summed E-state index contributed by atoms with van der Waals surface area (Å²) in [6, 6.07) is 0. The molecule has 1 fully saturated rings. The lowest BCUT2D eigenvalue weighted by molar-refractivity contribution is -0.145. The Morgan fingerprint density at radius 2 is 2.26 bits per heavy atom. The molecule has 19 heavy (non-hydrogen) atoms. The van der Waals surface area contributed by atoms with Crippen LogP contribution in [0.5, 0.6) is 0 Å². The molecule has 0 N–H and O–H groups in total. The van der Waals surface area contributed by atoms with Crippen LogP contribution < -0.4 is 0 Å². The number of carbonyl (C=O) groups excluding carboxylic acids is 2. The van der Waals surface area contributed by atoms with Crippen molar-refractivity contribution in [1.29, 1.82) is 0 Å². The van der Waals surface area contributed by atoms with Gasteiger partial charge in [-0.05, 0) is 37.3 Å². The van der Waals surface area contributed by atoms with Gasteiger partial charge in [-0.3, -0.25) is 9.59 Å². The molecule has 1 saturated carbocycles. The van der Waals surface area contributed by atoms with Gasteiger partial charge < -0.3 is 4.74 Å². The molecule has 0 aromatic carbocycles.